The van der Waals surface area contributed by atoms with Crippen molar-refractivity contribution >= 4 is 51.7 Å². The molecule has 3 atom stereocenters. The van der Waals surface area contributed by atoms with Gasteiger partial charge in [0.15, 0.2) is 11.2 Å². The van der Waals surface area contributed by atoms with Gasteiger partial charge in [0.25, 0.3) is 0 Å². The van der Waals surface area contributed by atoms with E-state index in [2.05, 4.69) is 34.7 Å². The van der Waals surface area contributed by atoms with Crippen LogP contribution >= 0.6 is 34.2 Å². The third-order valence-electron chi connectivity index (χ3n) is 6.54. The van der Waals surface area contributed by atoms with Crippen LogP contribution in [0.3, 0.4) is 0 Å². The quantitative estimate of drug-likeness (QED) is 0.281. The Hall–Kier alpha value is -3.13. The summed E-state index contributed by atoms with van der Waals surface area (Å²) in [5, 5.41) is 21.5. The number of Topliss-reactive ketones (excluding diaryl/α,β-unsaturated/α-hetero) is 1. The van der Waals surface area contributed by atoms with Crippen molar-refractivity contribution < 1.29 is 4.79 Å². The number of nitriles is 2. The smallest absolute Gasteiger partial charge is 0.185 e. The number of halogens is 2. The second-order valence-electron chi connectivity index (χ2n) is 8.18. The lowest BCUT2D eigenvalue weighted by molar-refractivity contribution is 0.0951. The molecule has 2 aliphatic rings. The van der Waals surface area contributed by atoms with E-state index in [0.29, 0.717) is 10.6 Å². The fourth-order valence-electron chi connectivity index (χ4n) is 5.11. The molecule has 160 valence electrons. The highest BCUT2D eigenvalue weighted by atomic mass is 127. The van der Waals surface area contributed by atoms with Crippen LogP contribution in [0.1, 0.15) is 27.4 Å². The van der Waals surface area contributed by atoms with Gasteiger partial charge in [-0.25, -0.2) is 0 Å². The van der Waals surface area contributed by atoms with Crippen LogP contribution in [0.15, 0.2) is 78.9 Å². The lowest BCUT2D eigenvalue weighted by Gasteiger charge is -2.35. The summed E-state index contributed by atoms with van der Waals surface area (Å²) in [6.45, 7) is 0. The van der Waals surface area contributed by atoms with Crippen LogP contribution < -0.4 is 4.90 Å². The lowest BCUT2D eigenvalue weighted by atomic mass is 9.69. The van der Waals surface area contributed by atoms with E-state index < -0.39 is 23.4 Å². The number of carbonyl (C=O) groups is 1. The summed E-state index contributed by atoms with van der Waals surface area (Å²) in [4.78, 5) is 16.0. The first-order valence-electron chi connectivity index (χ1n) is 10.4. The predicted molar refractivity (Wildman–Crippen MR) is 137 cm³/mol. The Kier molecular flexibility index (Phi) is 5.48. The number of hydrogen-bond donors (Lipinski definition) is 0. The van der Waals surface area contributed by atoms with Crippen molar-refractivity contribution in [3.63, 3.8) is 0 Å². The molecular formula is C27H17ClIN3O. The van der Waals surface area contributed by atoms with Gasteiger partial charge in [-0.1, -0.05) is 72.3 Å². The highest BCUT2D eigenvalue weighted by Crippen LogP contribution is 2.56. The maximum absolute atomic E-state index is 14.1. The Balaban J connectivity index is 1.81. The molecule has 33 heavy (non-hydrogen) atoms. The number of rotatable bonds is 3. The van der Waals surface area contributed by atoms with Gasteiger partial charge < -0.3 is 4.90 Å². The van der Waals surface area contributed by atoms with Crippen molar-refractivity contribution in [1.82, 2.24) is 0 Å². The third kappa shape index (κ3) is 3.27. The molecule has 0 saturated carbocycles. The standard InChI is InChI=1S/C27H17ClIN3O/c28-19-11-12-22-18(14-19)10-13-23-27(15-30,16-31)24(20-8-4-5-9-21(20)29)25(32(22)23)26(33)17-6-2-1-3-7-17/h1-14,23-25H/t23-,24+,25-/m0/s1. The zero-order chi connectivity index (χ0) is 23.2. The molecule has 2 aliphatic heterocycles. The highest BCUT2D eigenvalue weighted by Gasteiger charge is 2.63. The molecule has 0 bridgehead atoms. The summed E-state index contributed by atoms with van der Waals surface area (Å²) in [5.41, 5.74) is 1.58. The minimum absolute atomic E-state index is 0.117. The van der Waals surface area contributed by atoms with Crippen molar-refractivity contribution in [3.05, 3.63) is 104 Å². The second-order valence-corrected chi connectivity index (χ2v) is 9.78. The van der Waals surface area contributed by atoms with Crippen molar-refractivity contribution in [1.29, 1.82) is 10.5 Å². The first-order valence-corrected chi connectivity index (χ1v) is 11.9. The van der Waals surface area contributed by atoms with Crippen molar-refractivity contribution in [2.24, 2.45) is 5.41 Å². The van der Waals surface area contributed by atoms with E-state index in [1.54, 1.807) is 18.2 Å². The fraction of sp³-hybridized carbons (Fsp3) is 0.148. The summed E-state index contributed by atoms with van der Waals surface area (Å²) in [7, 11) is 0. The van der Waals surface area contributed by atoms with Gasteiger partial charge in [0.2, 0.25) is 0 Å². The molecule has 0 N–H and O–H groups in total. The fourth-order valence-corrected chi connectivity index (χ4v) is 6.01. The summed E-state index contributed by atoms with van der Waals surface area (Å²) >= 11 is 8.47. The van der Waals surface area contributed by atoms with Crippen LogP contribution in [0.2, 0.25) is 5.02 Å². The van der Waals surface area contributed by atoms with Gasteiger partial charge in [-0.15, -0.1) is 0 Å². The molecule has 1 fully saturated rings. The number of benzene rings is 3. The molecule has 6 heteroatoms. The molecule has 3 aromatic rings. The first-order chi connectivity index (χ1) is 16.0. The average Bonchev–Trinajstić information content (AvgIpc) is 3.14. The monoisotopic (exact) mass is 561 g/mol. The Morgan fingerprint density at radius 1 is 1.00 bits per heavy atom. The van der Waals surface area contributed by atoms with E-state index in [9.17, 15) is 15.3 Å². The Morgan fingerprint density at radius 3 is 2.39 bits per heavy atom. The van der Waals surface area contributed by atoms with Crippen molar-refractivity contribution in [2.45, 2.75) is 18.0 Å². The van der Waals surface area contributed by atoms with Gasteiger partial charge in [0.1, 0.15) is 6.04 Å². The molecule has 2 heterocycles. The Morgan fingerprint density at radius 2 is 1.70 bits per heavy atom. The van der Waals surface area contributed by atoms with E-state index in [1.165, 1.54) is 0 Å². The maximum atomic E-state index is 14.1. The molecule has 1 saturated heterocycles. The van der Waals surface area contributed by atoms with Crippen LogP contribution in [-0.2, 0) is 0 Å². The summed E-state index contributed by atoms with van der Waals surface area (Å²) in [5.74, 6) is -0.765. The summed E-state index contributed by atoms with van der Waals surface area (Å²) in [6.07, 6.45) is 3.76. The molecule has 0 spiro atoms. The number of fused-ring (bicyclic) bond motifs is 3. The predicted octanol–water partition coefficient (Wildman–Crippen LogP) is 6.23. The van der Waals surface area contributed by atoms with Gasteiger partial charge >= 0.3 is 0 Å². The van der Waals surface area contributed by atoms with Crippen LogP contribution in [0.25, 0.3) is 6.08 Å². The van der Waals surface area contributed by atoms with Gasteiger partial charge in [0.05, 0.1) is 18.2 Å². The van der Waals surface area contributed by atoms with Gasteiger partial charge in [-0.05, 0) is 58.0 Å². The van der Waals surface area contributed by atoms with Gasteiger partial charge in [-0.3, -0.25) is 4.79 Å². The topological polar surface area (TPSA) is 67.9 Å². The SMILES string of the molecule is N#CC1(C#N)[C@H](c2ccccc2I)[C@@H](C(=O)c2ccccc2)N2c3ccc(Cl)cc3C=C[C@H]21. The molecule has 3 aromatic carbocycles. The zero-order valence-corrected chi connectivity index (χ0v) is 20.2. The summed E-state index contributed by atoms with van der Waals surface area (Å²) in [6, 6.07) is 25.6. The third-order valence-corrected chi connectivity index (χ3v) is 7.75. The lowest BCUT2D eigenvalue weighted by Crippen LogP contribution is -2.44. The van der Waals surface area contributed by atoms with E-state index in [0.717, 1.165) is 20.4 Å². The maximum Gasteiger partial charge on any atom is 0.185 e. The molecule has 0 unspecified atom stereocenters. The average molecular weight is 562 g/mol. The number of carbonyl (C=O) groups excluding carboxylic acids is 1. The van der Waals surface area contributed by atoms with Gasteiger partial charge in [0, 0.05) is 25.8 Å². The number of hydrogen-bond acceptors (Lipinski definition) is 4. The van der Waals surface area contributed by atoms with E-state index >= 15 is 0 Å². The van der Waals surface area contributed by atoms with Gasteiger partial charge in [-0.2, -0.15) is 10.5 Å². The van der Waals surface area contributed by atoms with Crippen LogP contribution in [0.4, 0.5) is 5.69 Å². The molecule has 5 rings (SSSR count). The largest absolute Gasteiger partial charge is 0.351 e. The molecular weight excluding hydrogens is 545 g/mol. The molecule has 4 nitrogen and oxygen atoms in total. The minimum Gasteiger partial charge on any atom is -0.351 e. The molecule has 0 amide bonds. The van der Waals surface area contributed by atoms with Crippen molar-refractivity contribution in [2.75, 3.05) is 4.90 Å². The normalized spacial score (nSPS) is 22.1. The second kappa shape index (κ2) is 8.33. The summed E-state index contributed by atoms with van der Waals surface area (Å²) < 4.78 is 0.918. The first kappa shape index (κ1) is 21.7. The number of nitrogens with zero attached hydrogens (tertiary/aromatic N) is 3. The number of anilines is 1. The van der Waals surface area contributed by atoms with Crippen LogP contribution in [-0.4, -0.2) is 17.9 Å². The van der Waals surface area contributed by atoms with Crippen molar-refractivity contribution in [3.8, 4) is 12.1 Å². The Bertz CT molecular complexity index is 1360. The molecule has 0 aliphatic carbocycles. The van der Waals surface area contributed by atoms with Crippen LogP contribution in [0, 0.1) is 31.6 Å². The number of ketones is 1. The Labute approximate surface area is 210 Å². The minimum atomic E-state index is -1.45. The highest BCUT2D eigenvalue weighted by molar-refractivity contribution is 14.1. The van der Waals surface area contributed by atoms with E-state index in [-0.39, 0.29) is 5.78 Å². The molecule has 0 aromatic heterocycles. The molecule has 0 radical (unpaired) electrons. The zero-order valence-electron chi connectivity index (χ0n) is 17.3. The van der Waals surface area contributed by atoms with E-state index in [1.807, 2.05) is 71.6 Å². The van der Waals surface area contributed by atoms with Crippen LogP contribution in [0.5, 0.6) is 0 Å². The van der Waals surface area contributed by atoms with E-state index in [4.69, 9.17) is 11.6 Å².